The maximum atomic E-state index is 14.8. The van der Waals surface area contributed by atoms with Crippen molar-refractivity contribution in [3.63, 3.8) is 0 Å². The lowest BCUT2D eigenvalue weighted by Gasteiger charge is -2.56. The second-order valence-corrected chi connectivity index (χ2v) is 15.6. The molecule has 1 spiro atoms. The summed E-state index contributed by atoms with van der Waals surface area (Å²) in [7, 11) is 0. The van der Waals surface area contributed by atoms with Crippen LogP contribution in [-0.2, 0) is 23.8 Å². The second kappa shape index (κ2) is 11.1. The van der Waals surface area contributed by atoms with Crippen LogP contribution in [0.15, 0.2) is 41.2 Å². The van der Waals surface area contributed by atoms with Gasteiger partial charge in [0.25, 0.3) is 6.47 Å². The molecule has 3 fully saturated rings. The summed E-state index contributed by atoms with van der Waals surface area (Å²) >= 11 is 0. The van der Waals surface area contributed by atoms with Gasteiger partial charge in [-0.3, -0.25) is 14.4 Å². The van der Waals surface area contributed by atoms with E-state index in [1.54, 1.807) is 25.2 Å². The van der Waals surface area contributed by atoms with E-state index >= 15 is 0 Å². The van der Waals surface area contributed by atoms with E-state index in [2.05, 4.69) is 6.08 Å². The molecule has 4 heterocycles. The number of Topliss-reactive ketones (excluding diaryl/α,β-unsaturated/α-hetero) is 2. The Morgan fingerprint density at radius 1 is 1.06 bits per heavy atom. The number of phenols is 1. The van der Waals surface area contributed by atoms with E-state index in [1.165, 1.54) is 5.57 Å². The highest BCUT2D eigenvalue weighted by Crippen LogP contribution is 2.69. The number of ether oxygens (including phenoxy) is 5. The summed E-state index contributed by atoms with van der Waals surface area (Å²) in [4.78, 5) is 40.3. The van der Waals surface area contributed by atoms with Crippen LogP contribution in [-0.4, -0.2) is 62.4 Å². The number of rotatable bonds is 9. The van der Waals surface area contributed by atoms with Gasteiger partial charge in [0.2, 0.25) is 0 Å². The van der Waals surface area contributed by atoms with E-state index < -0.39 is 57.8 Å². The predicted octanol–water partition coefficient (Wildman–Crippen LogP) is 6.62. The zero-order valence-electron chi connectivity index (χ0n) is 28.8. The lowest BCUT2D eigenvalue weighted by molar-refractivity contribution is -0.171. The van der Waals surface area contributed by atoms with Crippen molar-refractivity contribution in [2.75, 3.05) is 0 Å². The van der Waals surface area contributed by atoms with Crippen LogP contribution in [0.4, 0.5) is 0 Å². The Hall–Kier alpha value is -3.73. The van der Waals surface area contributed by atoms with E-state index in [-0.39, 0.29) is 64.9 Å². The summed E-state index contributed by atoms with van der Waals surface area (Å²) in [6.45, 7) is 15.4. The highest BCUT2D eigenvalue weighted by molar-refractivity contribution is 6.19. The number of allylic oxidation sites excluding steroid dienone is 4. The first-order valence-corrected chi connectivity index (χ1v) is 16.7. The number of hydrogen-bond acceptors (Lipinski definition) is 10. The third kappa shape index (κ3) is 4.81. The molecule has 49 heavy (non-hydrogen) atoms. The first-order valence-electron chi connectivity index (χ1n) is 16.7. The van der Waals surface area contributed by atoms with Gasteiger partial charge in [0, 0.05) is 23.8 Å². The van der Waals surface area contributed by atoms with Gasteiger partial charge in [0.05, 0.1) is 22.3 Å². The molecule has 4 unspecified atom stereocenters. The maximum absolute atomic E-state index is 14.8. The van der Waals surface area contributed by atoms with Gasteiger partial charge in [-0.1, -0.05) is 25.2 Å². The van der Waals surface area contributed by atoms with Gasteiger partial charge in [-0.2, -0.15) is 0 Å². The molecule has 1 aromatic rings. The molecule has 8 rings (SSSR count). The molecule has 2 N–H and O–H groups in total. The Kier molecular flexibility index (Phi) is 7.98. The van der Waals surface area contributed by atoms with Gasteiger partial charge in [-0.05, 0) is 92.9 Å². The number of fused-ring (bicyclic) bond motifs is 2. The summed E-state index contributed by atoms with van der Waals surface area (Å²) in [6, 6.07) is 0. The second-order valence-electron chi connectivity index (χ2n) is 15.6. The minimum absolute atomic E-state index is 0. The lowest BCUT2D eigenvalue weighted by Crippen LogP contribution is -2.72. The predicted molar refractivity (Wildman–Crippen MR) is 181 cm³/mol. The van der Waals surface area contributed by atoms with Crippen LogP contribution in [0.1, 0.15) is 116 Å². The van der Waals surface area contributed by atoms with Gasteiger partial charge >= 0.3 is 0 Å². The Labute approximate surface area is 287 Å². The van der Waals surface area contributed by atoms with Crippen molar-refractivity contribution in [3.05, 3.63) is 57.9 Å². The molecule has 1 aromatic carbocycles. The van der Waals surface area contributed by atoms with Crippen LogP contribution in [0.25, 0.3) is 6.08 Å². The third-order valence-electron chi connectivity index (χ3n) is 11.2. The number of benzene rings is 1. The molecule has 0 aromatic heterocycles. The molecule has 2 saturated heterocycles. The monoisotopic (exact) mass is 676 g/mol. The number of aromatic hydroxyl groups is 1. The van der Waals surface area contributed by atoms with Gasteiger partial charge in [-0.25, -0.2) is 0 Å². The average Bonchev–Trinajstić information content (AvgIpc) is 3.60. The molecule has 4 bridgehead atoms. The number of aliphatic hydroxyl groups is 1. The summed E-state index contributed by atoms with van der Waals surface area (Å²) in [5, 5.41) is 23.9. The Morgan fingerprint density at radius 3 is 2.39 bits per heavy atom. The van der Waals surface area contributed by atoms with Crippen LogP contribution in [0.3, 0.4) is 0 Å². The van der Waals surface area contributed by atoms with Crippen molar-refractivity contribution in [1.29, 1.82) is 0 Å². The lowest BCUT2D eigenvalue weighted by atomic mass is 9.51. The number of phenolic OH excluding ortho intramolecular Hbond substituents is 1. The van der Waals surface area contributed by atoms with Crippen LogP contribution in [0, 0.1) is 11.8 Å². The van der Waals surface area contributed by atoms with E-state index in [0.717, 1.165) is 6.42 Å². The normalized spacial score (nSPS) is 34.3. The van der Waals surface area contributed by atoms with Crippen LogP contribution in [0.2, 0.25) is 0 Å². The molecule has 0 radical (unpaired) electrons. The number of carbonyl (C=O) groups is 3. The average molecular weight is 677 g/mol. The molecule has 10 nitrogen and oxygen atoms in total. The zero-order valence-corrected chi connectivity index (χ0v) is 28.8. The van der Waals surface area contributed by atoms with Crippen LogP contribution < -0.4 is 9.47 Å². The largest absolute Gasteiger partial charge is 0.506 e. The SMILES string of the molecule is C.CC(C)=CCC[C@]1(C)C=Cc2c(O)c3c(c(C(O)C4OC4(C)C)c2O1)O[C@]12C(=CC4CC1C(C)(C)O[C@]2(C/C=C(/C)OC=O)C4=O)C3=O. The van der Waals surface area contributed by atoms with Gasteiger partial charge in [-0.15, -0.1) is 0 Å². The molecule has 7 aliphatic rings. The van der Waals surface area contributed by atoms with Crippen molar-refractivity contribution in [2.45, 2.75) is 129 Å². The number of epoxide rings is 1. The summed E-state index contributed by atoms with van der Waals surface area (Å²) in [5.41, 5.74) is -3.84. The molecule has 7 atom stereocenters. The minimum atomic E-state index is -1.66. The topological polar surface area (TPSA) is 141 Å². The number of aliphatic hydroxyl groups excluding tert-OH is 1. The van der Waals surface area contributed by atoms with Crippen molar-refractivity contribution in [1.82, 2.24) is 0 Å². The summed E-state index contributed by atoms with van der Waals surface area (Å²) < 4.78 is 31.5. The van der Waals surface area contributed by atoms with E-state index in [4.69, 9.17) is 23.7 Å². The highest BCUT2D eigenvalue weighted by atomic mass is 16.6. The molecule has 1 saturated carbocycles. The molecular formula is C39H48O10. The molecular weight excluding hydrogens is 628 g/mol. The van der Waals surface area contributed by atoms with E-state index in [9.17, 15) is 24.6 Å². The fourth-order valence-electron chi connectivity index (χ4n) is 8.82. The smallest absolute Gasteiger partial charge is 0.298 e. The van der Waals surface area contributed by atoms with Gasteiger partial charge in [0.15, 0.2) is 22.8 Å². The maximum Gasteiger partial charge on any atom is 0.298 e. The van der Waals surface area contributed by atoms with E-state index in [0.29, 0.717) is 19.3 Å². The minimum Gasteiger partial charge on any atom is -0.506 e. The fraction of sp³-hybridized carbons (Fsp3) is 0.564. The highest BCUT2D eigenvalue weighted by Gasteiger charge is 2.81. The Morgan fingerprint density at radius 2 is 1.76 bits per heavy atom. The zero-order chi connectivity index (χ0) is 34.8. The number of hydrogen-bond donors (Lipinski definition) is 2. The van der Waals surface area contributed by atoms with Crippen LogP contribution >= 0.6 is 0 Å². The third-order valence-corrected chi connectivity index (χ3v) is 11.2. The van der Waals surface area contributed by atoms with Crippen molar-refractivity contribution >= 4 is 24.1 Å². The first-order chi connectivity index (χ1) is 22.4. The molecule has 3 aliphatic carbocycles. The van der Waals surface area contributed by atoms with Crippen molar-refractivity contribution in [3.8, 4) is 17.2 Å². The molecule has 0 amide bonds. The molecule has 10 heteroatoms. The van der Waals surface area contributed by atoms with E-state index in [1.807, 2.05) is 54.5 Å². The van der Waals surface area contributed by atoms with Gasteiger partial charge in [0.1, 0.15) is 46.4 Å². The molecule has 264 valence electrons. The number of carbonyl (C=O) groups excluding carboxylic acids is 3. The summed E-state index contributed by atoms with van der Waals surface area (Å²) in [5.74, 6) is -1.67. The Balaban J connectivity index is 0.00000417. The van der Waals surface area contributed by atoms with Crippen molar-refractivity contribution < 1.29 is 48.3 Å². The van der Waals surface area contributed by atoms with Crippen LogP contribution in [0.5, 0.6) is 17.2 Å². The molecule has 4 aliphatic heterocycles. The summed E-state index contributed by atoms with van der Waals surface area (Å²) in [6.07, 6.45) is 8.76. The first kappa shape index (κ1) is 35.1. The quantitative estimate of drug-likeness (QED) is 0.127. The Bertz CT molecular complexity index is 1770. The van der Waals surface area contributed by atoms with Crippen molar-refractivity contribution in [2.24, 2.45) is 11.8 Å². The fourth-order valence-corrected chi connectivity index (χ4v) is 8.82. The van der Waals surface area contributed by atoms with Gasteiger partial charge < -0.3 is 33.9 Å². The standard InChI is InChI=1S/C38H44O10.CH4/c1-19(2)10-9-13-36(8)14-12-22-27(40)25-28(41)23-16-21-17-24-34(4,5)48-37(32(21)43,15-11-20(3)44-18-39)38(23,24)46-31(25)26(30(22)45-36)29(42)33-35(6,7)47-33;/h10-12,14,16,18,21,24,29,33,40,42H,9,13,15,17H2,1-8H3;1H4/b20-11-;/t21?,24?,29?,33?,36-,37-,38-;/m1./s1. The number of ketones is 2.